The van der Waals surface area contributed by atoms with Gasteiger partial charge in [0.15, 0.2) is 6.04 Å². The molecule has 1 heterocycles. The maximum Gasteiger partial charge on any atom is 0.412 e. The highest BCUT2D eigenvalue weighted by atomic mass is 19.4. The number of amides is 1. The van der Waals surface area contributed by atoms with Crippen molar-refractivity contribution < 1.29 is 31.2 Å². The topological polar surface area (TPSA) is 71.0 Å². The summed E-state index contributed by atoms with van der Waals surface area (Å²) < 4.78 is 75.6. The molecule has 2 N–H and O–H groups in total. The van der Waals surface area contributed by atoms with Gasteiger partial charge in [-0.3, -0.25) is 14.8 Å². The molecular weight excluding hydrogens is 493 g/mol. The van der Waals surface area contributed by atoms with E-state index in [1.54, 1.807) is 13.0 Å². The van der Waals surface area contributed by atoms with Crippen molar-refractivity contribution in [1.29, 1.82) is 5.41 Å². The molecule has 1 amide bonds. The van der Waals surface area contributed by atoms with E-state index in [-0.39, 0.29) is 28.9 Å². The number of benzene rings is 3. The molecule has 0 fully saturated rings. The fourth-order valence-electron chi connectivity index (χ4n) is 4.06. The number of oxazole rings is 1. The number of rotatable bonds is 6. The van der Waals surface area contributed by atoms with E-state index in [0.717, 1.165) is 18.2 Å². The van der Waals surface area contributed by atoms with Gasteiger partial charge in [-0.25, -0.2) is 8.78 Å². The van der Waals surface area contributed by atoms with Gasteiger partial charge in [-0.05, 0) is 83.6 Å². The number of hydrogen-bond donors (Lipinski definition) is 2. The number of aryl methyl sites for hydroxylation is 2. The average Bonchev–Trinajstić information content (AvgIpc) is 3.22. The Morgan fingerprint density at radius 2 is 1.78 bits per heavy atom. The molecule has 0 spiro atoms. The molecule has 37 heavy (non-hydrogen) atoms. The summed E-state index contributed by atoms with van der Waals surface area (Å²) in [7, 11) is 0. The molecule has 1 atom stereocenters. The van der Waals surface area contributed by atoms with Gasteiger partial charge in [0, 0.05) is 11.8 Å². The molecule has 4 rings (SSSR count). The molecule has 192 valence electrons. The molecule has 0 aliphatic heterocycles. The molecule has 4 aromatic rings. The summed E-state index contributed by atoms with van der Waals surface area (Å²) in [5.41, 5.74) is 1.62. The number of halogens is 5. The summed E-state index contributed by atoms with van der Waals surface area (Å²) in [6.45, 7) is 3.11. The maximum absolute atomic E-state index is 13.9. The standard InChI is InChI=1S/C27H22F5N3O2/c1-15-10-21(28)4-5-22(15)19-11-17(14-35-7-8-37-26(35)33)12-20(13-19)25(36)34-24(27(30,31)32)18-3-6-23(29)16(2)9-18/h3-13,24,33H,14H2,1-2H3,(H,34,36). The Balaban J connectivity index is 1.76. The zero-order valence-electron chi connectivity index (χ0n) is 19.8. The lowest BCUT2D eigenvalue weighted by Crippen LogP contribution is -2.38. The molecule has 0 bridgehead atoms. The molecule has 10 heteroatoms. The Kier molecular flexibility index (Phi) is 7.02. The van der Waals surface area contributed by atoms with E-state index in [1.807, 2.05) is 5.32 Å². The van der Waals surface area contributed by atoms with Crippen LogP contribution in [0.5, 0.6) is 0 Å². The van der Waals surface area contributed by atoms with E-state index in [4.69, 9.17) is 9.83 Å². The summed E-state index contributed by atoms with van der Waals surface area (Å²) >= 11 is 0. The van der Waals surface area contributed by atoms with E-state index >= 15 is 0 Å². The summed E-state index contributed by atoms with van der Waals surface area (Å²) in [6, 6.07) is 9.20. The molecule has 0 saturated carbocycles. The summed E-state index contributed by atoms with van der Waals surface area (Å²) in [5.74, 6) is -2.12. The van der Waals surface area contributed by atoms with Gasteiger partial charge in [0.1, 0.15) is 17.9 Å². The Labute approximate surface area is 208 Å². The van der Waals surface area contributed by atoms with Crippen LogP contribution in [0.2, 0.25) is 0 Å². The molecule has 0 saturated heterocycles. The van der Waals surface area contributed by atoms with Crippen LogP contribution in [0.25, 0.3) is 11.1 Å². The number of aromatic nitrogens is 1. The van der Waals surface area contributed by atoms with Crippen LogP contribution in [-0.2, 0) is 6.54 Å². The first-order chi connectivity index (χ1) is 17.4. The molecule has 5 nitrogen and oxygen atoms in total. The monoisotopic (exact) mass is 515 g/mol. The van der Waals surface area contributed by atoms with E-state index in [0.29, 0.717) is 22.3 Å². The second-order valence-electron chi connectivity index (χ2n) is 8.67. The van der Waals surface area contributed by atoms with Gasteiger partial charge >= 0.3 is 6.18 Å². The van der Waals surface area contributed by atoms with Crippen LogP contribution in [0.4, 0.5) is 22.0 Å². The van der Waals surface area contributed by atoms with Gasteiger partial charge in [-0.2, -0.15) is 13.2 Å². The van der Waals surface area contributed by atoms with Crippen LogP contribution >= 0.6 is 0 Å². The van der Waals surface area contributed by atoms with E-state index in [2.05, 4.69) is 0 Å². The van der Waals surface area contributed by atoms with Crippen LogP contribution in [0.15, 0.2) is 71.5 Å². The molecular formula is C27H22F5N3O2. The van der Waals surface area contributed by atoms with Gasteiger partial charge in [0.2, 0.25) is 0 Å². The second-order valence-corrected chi connectivity index (χ2v) is 8.67. The molecule has 0 aliphatic carbocycles. The highest BCUT2D eigenvalue weighted by Crippen LogP contribution is 2.34. The Bertz CT molecular complexity index is 1520. The van der Waals surface area contributed by atoms with Gasteiger partial charge < -0.3 is 9.73 Å². The van der Waals surface area contributed by atoms with Crippen molar-refractivity contribution in [2.24, 2.45) is 0 Å². The number of nitrogens with one attached hydrogen (secondary N) is 2. The number of hydrogen-bond acceptors (Lipinski definition) is 3. The van der Waals surface area contributed by atoms with Crippen molar-refractivity contribution in [3.05, 3.63) is 112 Å². The summed E-state index contributed by atoms with van der Waals surface area (Å²) in [6.07, 6.45) is -2.03. The van der Waals surface area contributed by atoms with E-state index in [9.17, 15) is 26.7 Å². The molecule has 1 unspecified atom stereocenters. The minimum absolute atomic E-state index is 0.0143. The molecule has 0 aliphatic rings. The second kappa shape index (κ2) is 10.0. The lowest BCUT2D eigenvalue weighted by atomic mass is 9.95. The number of alkyl halides is 3. The number of nitrogens with zero attached hydrogens (tertiary/aromatic N) is 1. The smallest absolute Gasteiger partial charge is 0.412 e. The van der Waals surface area contributed by atoms with Crippen molar-refractivity contribution in [2.45, 2.75) is 32.6 Å². The molecule has 1 aromatic heterocycles. The normalized spacial score (nSPS) is 12.4. The lowest BCUT2D eigenvalue weighted by Gasteiger charge is -2.23. The highest BCUT2D eigenvalue weighted by molar-refractivity contribution is 5.96. The zero-order valence-corrected chi connectivity index (χ0v) is 19.8. The maximum atomic E-state index is 13.9. The molecule has 0 radical (unpaired) electrons. The van der Waals surface area contributed by atoms with Crippen LogP contribution < -0.4 is 11.0 Å². The third-order valence-corrected chi connectivity index (χ3v) is 5.91. The minimum atomic E-state index is -4.85. The predicted molar refractivity (Wildman–Crippen MR) is 126 cm³/mol. The fraction of sp³-hybridized carbons (Fsp3) is 0.185. The Morgan fingerprint density at radius 1 is 1.03 bits per heavy atom. The third-order valence-electron chi connectivity index (χ3n) is 5.91. The van der Waals surface area contributed by atoms with Crippen LogP contribution in [-0.4, -0.2) is 16.7 Å². The van der Waals surface area contributed by atoms with Crippen LogP contribution in [0.3, 0.4) is 0 Å². The number of carbonyl (C=O) groups excluding carboxylic acids is 1. The van der Waals surface area contributed by atoms with Crippen molar-refractivity contribution in [3.63, 3.8) is 0 Å². The summed E-state index contributed by atoms with van der Waals surface area (Å²) in [4.78, 5) is 13.2. The Morgan fingerprint density at radius 3 is 2.41 bits per heavy atom. The highest BCUT2D eigenvalue weighted by Gasteiger charge is 2.42. The fourth-order valence-corrected chi connectivity index (χ4v) is 4.06. The number of carbonyl (C=O) groups is 1. The van der Waals surface area contributed by atoms with Crippen LogP contribution in [0, 0.1) is 30.9 Å². The first-order valence-corrected chi connectivity index (χ1v) is 11.1. The minimum Gasteiger partial charge on any atom is -0.432 e. The van der Waals surface area contributed by atoms with Gasteiger partial charge in [-0.1, -0.05) is 18.2 Å². The SMILES string of the molecule is Cc1cc(C(NC(=O)c2cc(Cn3ccoc3=N)cc(-c3ccc(F)cc3C)c2)C(F)(F)F)ccc1F. The third kappa shape index (κ3) is 5.79. The quantitative estimate of drug-likeness (QED) is 0.300. The first kappa shape index (κ1) is 25.9. The van der Waals surface area contributed by atoms with Crippen molar-refractivity contribution in [1.82, 2.24) is 9.88 Å². The zero-order chi connectivity index (χ0) is 26.9. The predicted octanol–water partition coefficient (Wildman–Crippen LogP) is 6.20. The van der Waals surface area contributed by atoms with Gasteiger partial charge in [0.05, 0.1) is 6.54 Å². The molecule has 3 aromatic carbocycles. The largest absolute Gasteiger partial charge is 0.432 e. The van der Waals surface area contributed by atoms with Gasteiger partial charge in [-0.15, -0.1) is 0 Å². The van der Waals surface area contributed by atoms with Crippen molar-refractivity contribution in [2.75, 3.05) is 0 Å². The van der Waals surface area contributed by atoms with Crippen molar-refractivity contribution in [3.8, 4) is 11.1 Å². The van der Waals surface area contributed by atoms with Gasteiger partial charge in [0.25, 0.3) is 11.6 Å². The first-order valence-electron chi connectivity index (χ1n) is 11.1. The van der Waals surface area contributed by atoms with E-state index in [1.165, 1.54) is 54.3 Å². The van der Waals surface area contributed by atoms with Crippen LogP contribution in [0.1, 0.15) is 38.7 Å². The van der Waals surface area contributed by atoms with Crippen molar-refractivity contribution >= 4 is 5.91 Å². The average molecular weight is 515 g/mol. The Hall–Kier alpha value is -4.21. The van der Waals surface area contributed by atoms with E-state index < -0.39 is 29.8 Å². The lowest BCUT2D eigenvalue weighted by molar-refractivity contribution is -0.155. The summed E-state index contributed by atoms with van der Waals surface area (Å²) in [5, 5.41) is 9.85.